The van der Waals surface area contributed by atoms with Crippen molar-refractivity contribution in [1.29, 1.82) is 0 Å². The van der Waals surface area contributed by atoms with Crippen LogP contribution in [-0.4, -0.2) is 17.5 Å². The topological polar surface area (TPSA) is 25.2 Å². The van der Waals surface area contributed by atoms with Crippen LogP contribution in [0.2, 0.25) is 4.34 Å². The molecule has 96 valence electrons. The van der Waals surface area contributed by atoms with Gasteiger partial charge in [0.15, 0.2) is 0 Å². The van der Waals surface area contributed by atoms with Crippen molar-refractivity contribution in [3.8, 4) is 0 Å². The average molecular weight is 300 g/mol. The first-order valence-electron chi connectivity index (χ1n) is 5.95. The number of hydrogen-bond donors (Lipinski definition) is 1. The molecule has 0 radical (unpaired) electrons. The molecule has 1 aliphatic rings. The van der Waals surface area contributed by atoms with Gasteiger partial charge < -0.3 is 4.42 Å². The third-order valence-corrected chi connectivity index (χ3v) is 5.50. The second-order valence-electron chi connectivity index (χ2n) is 4.32. The SMILES string of the molecule is Clc1ccc(C(NC2CCSC2)c2ccco2)s1. The Kier molecular flexibility index (Phi) is 3.99. The molecule has 1 fully saturated rings. The molecule has 0 spiro atoms. The lowest BCUT2D eigenvalue weighted by Gasteiger charge is -2.19. The van der Waals surface area contributed by atoms with Crippen molar-refractivity contribution >= 4 is 34.7 Å². The molecule has 2 aromatic heterocycles. The van der Waals surface area contributed by atoms with E-state index in [2.05, 4.69) is 11.4 Å². The van der Waals surface area contributed by atoms with E-state index in [0.717, 1.165) is 10.1 Å². The van der Waals surface area contributed by atoms with Gasteiger partial charge in [-0.25, -0.2) is 0 Å². The number of halogens is 1. The van der Waals surface area contributed by atoms with E-state index in [9.17, 15) is 0 Å². The minimum Gasteiger partial charge on any atom is -0.467 e. The summed E-state index contributed by atoms with van der Waals surface area (Å²) in [6.07, 6.45) is 2.95. The zero-order valence-electron chi connectivity index (χ0n) is 9.77. The fraction of sp³-hybridized carbons (Fsp3) is 0.385. The maximum atomic E-state index is 6.04. The Bertz CT molecular complexity index is 491. The van der Waals surface area contributed by atoms with Crippen molar-refractivity contribution in [2.24, 2.45) is 0 Å². The minimum absolute atomic E-state index is 0.126. The fourth-order valence-corrected chi connectivity index (χ4v) is 4.44. The van der Waals surface area contributed by atoms with Gasteiger partial charge in [-0.05, 0) is 36.4 Å². The van der Waals surface area contributed by atoms with E-state index in [1.807, 2.05) is 30.0 Å². The van der Waals surface area contributed by atoms with Crippen LogP contribution in [-0.2, 0) is 0 Å². The Morgan fingerprint density at radius 2 is 2.33 bits per heavy atom. The number of rotatable bonds is 4. The van der Waals surface area contributed by atoms with E-state index in [0.29, 0.717) is 6.04 Å². The number of nitrogens with one attached hydrogen (secondary N) is 1. The second kappa shape index (κ2) is 5.70. The molecule has 0 aromatic carbocycles. The first-order valence-corrected chi connectivity index (χ1v) is 8.30. The highest BCUT2D eigenvalue weighted by Gasteiger charge is 2.24. The predicted molar refractivity (Wildman–Crippen MR) is 78.7 cm³/mol. The Labute approximate surface area is 120 Å². The molecule has 0 saturated carbocycles. The van der Waals surface area contributed by atoms with E-state index >= 15 is 0 Å². The highest BCUT2D eigenvalue weighted by atomic mass is 35.5. The van der Waals surface area contributed by atoms with Crippen LogP contribution >= 0.6 is 34.7 Å². The summed E-state index contributed by atoms with van der Waals surface area (Å²) in [5.41, 5.74) is 0. The largest absolute Gasteiger partial charge is 0.467 e. The summed E-state index contributed by atoms with van der Waals surface area (Å²) < 4.78 is 6.39. The number of furan rings is 1. The quantitative estimate of drug-likeness (QED) is 0.917. The van der Waals surface area contributed by atoms with E-state index in [-0.39, 0.29) is 6.04 Å². The van der Waals surface area contributed by atoms with E-state index in [1.54, 1.807) is 17.6 Å². The smallest absolute Gasteiger partial charge is 0.126 e. The third kappa shape index (κ3) is 2.77. The van der Waals surface area contributed by atoms with Gasteiger partial charge in [0.25, 0.3) is 0 Å². The number of thioether (sulfide) groups is 1. The van der Waals surface area contributed by atoms with Crippen molar-refractivity contribution in [3.05, 3.63) is 45.5 Å². The molecule has 3 rings (SSSR count). The summed E-state index contributed by atoms with van der Waals surface area (Å²) in [5.74, 6) is 3.38. The molecule has 1 aliphatic heterocycles. The number of thiophene rings is 1. The Balaban J connectivity index is 1.83. The average Bonchev–Trinajstić information content (AvgIpc) is 3.09. The van der Waals surface area contributed by atoms with Crippen LogP contribution in [0, 0.1) is 0 Å². The lowest BCUT2D eigenvalue weighted by atomic mass is 10.1. The Hall–Kier alpha value is -0.420. The highest BCUT2D eigenvalue weighted by Crippen LogP contribution is 2.32. The highest BCUT2D eigenvalue weighted by molar-refractivity contribution is 7.99. The van der Waals surface area contributed by atoms with Gasteiger partial charge in [0.1, 0.15) is 11.8 Å². The standard InChI is InChI=1S/C13H14ClNOS2/c14-12-4-3-11(18-12)13(10-2-1-6-16-10)15-9-5-7-17-8-9/h1-4,6,9,13,15H,5,7-8H2. The molecule has 3 heterocycles. The molecule has 5 heteroatoms. The van der Waals surface area contributed by atoms with Gasteiger partial charge in [-0.1, -0.05) is 11.6 Å². The predicted octanol–water partition coefficient (Wildman–Crippen LogP) is 4.18. The molecule has 1 saturated heterocycles. The summed E-state index contributed by atoms with van der Waals surface area (Å²) in [6, 6.07) is 8.67. The lowest BCUT2D eigenvalue weighted by molar-refractivity contribution is 0.420. The molecule has 0 bridgehead atoms. The second-order valence-corrected chi connectivity index (χ2v) is 7.21. The van der Waals surface area contributed by atoms with Gasteiger partial charge in [0.2, 0.25) is 0 Å². The van der Waals surface area contributed by atoms with Crippen LogP contribution < -0.4 is 5.32 Å². The van der Waals surface area contributed by atoms with Crippen LogP contribution in [0.15, 0.2) is 34.9 Å². The van der Waals surface area contributed by atoms with Gasteiger partial charge in [-0.2, -0.15) is 11.8 Å². The Morgan fingerprint density at radius 3 is 2.94 bits per heavy atom. The van der Waals surface area contributed by atoms with E-state index in [1.165, 1.54) is 22.8 Å². The van der Waals surface area contributed by atoms with Crippen molar-refractivity contribution in [2.75, 3.05) is 11.5 Å². The molecule has 2 aromatic rings. The van der Waals surface area contributed by atoms with Crippen molar-refractivity contribution in [3.63, 3.8) is 0 Å². The molecular weight excluding hydrogens is 286 g/mol. The fourth-order valence-electron chi connectivity index (χ4n) is 2.15. The van der Waals surface area contributed by atoms with E-state index < -0.39 is 0 Å². The summed E-state index contributed by atoms with van der Waals surface area (Å²) in [5, 5.41) is 3.69. The van der Waals surface area contributed by atoms with Gasteiger partial charge >= 0.3 is 0 Å². The van der Waals surface area contributed by atoms with Crippen LogP contribution in [0.1, 0.15) is 23.1 Å². The molecular formula is C13H14ClNOS2. The van der Waals surface area contributed by atoms with Gasteiger partial charge in [0.05, 0.1) is 10.6 Å². The van der Waals surface area contributed by atoms with Crippen LogP contribution in [0.4, 0.5) is 0 Å². The lowest BCUT2D eigenvalue weighted by Crippen LogP contribution is -2.32. The molecule has 1 N–H and O–H groups in total. The maximum Gasteiger partial charge on any atom is 0.126 e. The molecule has 0 amide bonds. The number of hydrogen-bond acceptors (Lipinski definition) is 4. The van der Waals surface area contributed by atoms with Crippen LogP contribution in [0.3, 0.4) is 0 Å². The zero-order valence-corrected chi connectivity index (χ0v) is 12.2. The normalized spacial score (nSPS) is 21.3. The molecule has 0 aliphatic carbocycles. The van der Waals surface area contributed by atoms with Crippen molar-refractivity contribution in [2.45, 2.75) is 18.5 Å². The first kappa shape index (κ1) is 12.6. The third-order valence-electron chi connectivity index (χ3n) is 3.04. The molecule has 18 heavy (non-hydrogen) atoms. The molecule has 2 unspecified atom stereocenters. The molecule has 2 atom stereocenters. The van der Waals surface area contributed by atoms with Crippen molar-refractivity contribution < 1.29 is 4.42 Å². The van der Waals surface area contributed by atoms with Crippen molar-refractivity contribution in [1.82, 2.24) is 5.32 Å². The first-order chi connectivity index (χ1) is 8.83. The Morgan fingerprint density at radius 1 is 1.39 bits per heavy atom. The summed E-state index contributed by atoms with van der Waals surface area (Å²) in [7, 11) is 0. The summed E-state index contributed by atoms with van der Waals surface area (Å²) >= 11 is 9.66. The monoisotopic (exact) mass is 299 g/mol. The van der Waals surface area contributed by atoms with Gasteiger partial charge in [-0.3, -0.25) is 5.32 Å². The molecule has 2 nitrogen and oxygen atoms in total. The van der Waals surface area contributed by atoms with Gasteiger partial charge in [0, 0.05) is 16.7 Å². The minimum atomic E-state index is 0.126. The van der Waals surface area contributed by atoms with E-state index in [4.69, 9.17) is 16.0 Å². The van der Waals surface area contributed by atoms with Crippen LogP contribution in [0.5, 0.6) is 0 Å². The summed E-state index contributed by atoms with van der Waals surface area (Å²) in [6.45, 7) is 0. The maximum absolute atomic E-state index is 6.04. The zero-order chi connectivity index (χ0) is 12.4. The summed E-state index contributed by atoms with van der Waals surface area (Å²) in [4.78, 5) is 1.21. The van der Waals surface area contributed by atoms with Crippen LogP contribution in [0.25, 0.3) is 0 Å². The van der Waals surface area contributed by atoms with Gasteiger partial charge in [-0.15, -0.1) is 11.3 Å².